The third-order valence-electron chi connectivity index (χ3n) is 5.10. The lowest BCUT2D eigenvalue weighted by Crippen LogP contribution is -2.49. The van der Waals surface area contributed by atoms with Gasteiger partial charge in [-0.05, 0) is 30.3 Å². The van der Waals surface area contributed by atoms with E-state index in [1.165, 1.54) is 12.1 Å². The summed E-state index contributed by atoms with van der Waals surface area (Å²) in [4.78, 5) is 25.0. The monoisotopic (exact) mass is 431 g/mol. The number of piperazine rings is 1. The van der Waals surface area contributed by atoms with Crippen molar-refractivity contribution in [3.05, 3.63) is 59.6 Å². The molecule has 1 aliphatic heterocycles. The van der Waals surface area contributed by atoms with Crippen LogP contribution in [0.2, 0.25) is 0 Å². The Morgan fingerprint density at radius 2 is 1.90 bits per heavy atom. The Hall–Kier alpha value is -3.43. The second-order valence-corrected chi connectivity index (χ2v) is 7.13. The Morgan fingerprint density at radius 3 is 2.52 bits per heavy atom. The van der Waals surface area contributed by atoms with Crippen molar-refractivity contribution in [2.75, 3.05) is 31.1 Å². The Morgan fingerprint density at radius 1 is 1.13 bits per heavy atom. The minimum atomic E-state index is -4.48. The van der Waals surface area contributed by atoms with Crippen molar-refractivity contribution in [2.45, 2.75) is 19.5 Å². The second kappa shape index (κ2) is 8.37. The van der Waals surface area contributed by atoms with Crippen LogP contribution in [0.25, 0.3) is 11.4 Å². The number of halogens is 3. The summed E-state index contributed by atoms with van der Waals surface area (Å²) in [5.41, 5.74) is -0.0446. The predicted octanol–water partition coefficient (Wildman–Crippen LogP) is 3.68. The number of alkyl halides is 3. The molecule has 3 heterocycles. The molecule has 31 heavy (non-hydrogen) atoms. The number of carbonyl (C=O) groups is 1. The van der Waals surface area contributed by atoms with Gasteiger partial charge in [0.2, 0.25) is 11.7 Å². The molecule has 1 fully saturated rings. The fraction of sp³-hybridized carbons (Fsp3) is 0.333. The van der Waals surface area contributed by atoms with Crippen LogP contribution in [0, 0.1) is 0 Å². The highest BCUT2D eigenvalue weighted by molar-refractivity contribution is 5.94. The lowest BCUT2D eigenvalue weighted by molar-refractivity contribution is -0.137. The third-order valence-corrected chi connectivity index (χ3v) is 5.10. The van der Waals surface area contributed by atoms with Gasteiger partial charge in [-0.1, -0.05) is 18.1 Å². The number of amides is 1. The normalized spacial score (nSPS) is 14.7. The molecule has 1 saturated heterocycles. The van der Waals surface area contributed by atoms with Gasteiger partial charge in [0.15, 0.2) is 0 Å². The molecule has 0 atom stereocenters. The summed E-state index contributed by atoms with van der Waals surface area (Å²) in [6, 6.07) is 8.23. The van der Waals surface area contributed by atoms with Gasteiger partial charge >= 0.3 is 6.18 Å². The van der Waals surface area contributed by atoms with E-state index < -0.39 is 17.6 Å². The van der Waals surface area contributed by atoms with Crippen molar-refractivity contribution >= 4 is 11.7 Å². The highest BCUT2D eigenvalue weighted by Crippen LogP contribution is 2.30. The maximum Gasteiger partial charge on any atom is 0.416 e. The molecule has 10 heteroatoms. The Kier molecular flexibility index (Phi) is 5.62. The molecule has 2 aromatic heterocycles. The molecular weight excluding hydrogens is 411 g/mol. The molecule has 162 valence electrons. The molecule has 3 aromatic rings. The van der Waals surface area contributed by atoms with E-state index in [9.17, 15) is 18.0 Å². The van der Waals surface area contributed by atoms with Gasteiger partial charge in [-0.2, -0.15) is 18.2 Å². The summed E-state index contributed by atoms with van der Waals surface area (Å²) in [7, 11) is 0. The van der Waals surface area contributed by atoms with Gasteiger partial charge in [-0.3, -0.25) is 4.79 Å². The number of rotatable bonds is 4. The van der Waals surface area contributed by atoms with E-state index in [1.54, 1.807) is 11.1 Å². The van der Waals surface area contributed by atoms with Gasteiger partial charge in [0.25, 0.3) is 5.91 Å². The molecule has 0 bridgehead atoms. The van der Waals surface area contributed by atoms with Crippen LogP contribution < -0.4 is 4.90 Å². The van der Waals surface area contributed by atoms with Crippen molar-refractivity contribution < 1.29 is 22.5 Å². The van der Waals surface area contributed by atoms with E-state index in [1.807, 2.05) is 24.0 Å². The minimum Gasteiger partial charge on any atom is -0.353 e. The summed E-state index contributed by atoms with van der Waals surface area (Å²) < 4.78 is 43.9. The maximum atomic E-state index is 12.9. The molecule has 0 unspecified atom stereocenters. The smallest absolute Gasteiger partial charge is 0.353 e. The topological polar surface area (TPSA) is 75.4 Å². The Labute approximate surface area is 176 Å². The van der Waals surface area contributed by atoms with Crippen LogP contribution in [-0.2, 0) is 12.6 Å². The number of hydrogen-bond acceptors (Lipinski definition) is 6. The van der Waals surface area contributed by atoms with Crippen LogP contribution in [0.5, 0.6) is 0 Å². The first-order chi connectivity index (χ1) is 14.8. The number of hydrogen-bond donors (Lipinski definition) is 0. The molecule has 1 aromatic carbocycles. The van der Waals surface area contributed by atoms with Crippen molar-refractivity contribution in [1.29, 1.82) is 0 Å². The molecule has 1 amide bonds. The lowest BCUT2D eigenvalue weighted by atomic mass is 10.1. The van der Waals surface area contributed by atoms with E-state index in [0.717, 1.165) is 23.5 Å². The van der Waals surface area contributed by atoms with Crippen LogP contribution in [0.1, 0.15) is 28.7 Å². The van der Waals surface area contributed by atoms with Gasteiger partial charge in [-0.25, -0.2) is 4.98 Å². The molecule has 4 rings (SSSR count). The number of aromatic nitrogens is 3. The number of nitrogens with zero attached hydrogens (tertiary/aromatic N) is 5. The van der Waals surface area contributed by atoms with Crippen molar-refractivity contribution in [3.8, 4) is 11.4 Å². The van der Waals surface area contributed by atoms with Crippen LogP contribution in [0.3, 0.4) is 0 Å². The minimum absolute atomic E-state index is 0.0392. The summed E-state index contributed by atoms with van der Waals surface area (Å²) in [6.07, 6.45) is -2.16. The SMILES string of the molecule is CCc1nc(-c2ccc(N3CCN(C(=O)c4cccc(C(F)(F)F)c4)CC3)nc2)no1. The lowest BCUT2D eigenvalue weighted by Gasteiger charge is -2.35. The average molecular weight is 431 g/mol. The third kappa shape index (κ3) is 4.52. The van der Waals surface area contributed by atoms with Crippen molar-refractivity contribution in [1.82, 2.24) is 20.0 Å². The second-order valence-electron chi connectivity index (χ2n) is 7.13. The molecule has 0 N–H and O–H groups in total. The molecule has 7 nitrogen and oxygen atoms in total. The molecule has 0 aliphatic carbocycles. The van der Waals surface area contributed by atoms with E-state index in [0.29, 0.717) is 44.3 Å². The van der Waals surface area contributed by atoms with Gasteiger partial charge in [0.05, 0.1) is 5.56 Å². The maximum absolute atomic E-state index is 12.9. The zero-order valence-corrected chi connectivity index (χ0v) is 16.8. The first-order valence-corrected chi connectivity index (χ1v) is 9.85. The van der Waals surface area contributed by atoms with Gasteiger partial charge in [0.1, 0.15) is 5.82 Å². The number of aryl methyl sites for hydroxylation is 1. The number of benzene rings is 1. The van der Waals surface area contributed by atoms with Gasteiger partial charge in [0, 0.05) is 49.9 Å². The number of pyridine rings is 1. The largest absolute Gasteiger partial charge is 0.416 e. The highest BCUT2D eigenvalue weighted by atomic mass is 19.4. The van der Waals surface area contributed by atoms with E-state index in [2.05, 4.69) is 15.1 Å². The summed E-state index contributed by atoms with van der Waals surface area (Å²) >= 11 is 0. The van der Waals surface area contributed by atoms with E-state index in [4.69, 9.17) is 4.52 Å². The zero-order valence-electron chi connectivity index (χ0n) is 16.8. The molecule has 0 saturated carbocycles. The van der Waals surface area contributed by atoms with Crippen LogP contribution >= 0.6 is 0 Å². The first kappa shape index (κ1) is 20.8. The first-order valence-electron chi connectivity index (χ1n) is 9.85. The van der Waals surface area contributed by atoms with Crippen molar-refractivity contribution in [2.24, 2.45) is 0 Å². The van der Waals surface area contributed by atoms with Crippen LogP contribution in [0.4, 0.5) is 19.0 Å². The fourth-order valence-electron chi connectivity index (χ4n) is 3.37. The quantitative estimate of drug-likeness (QED) is 0.628. The Bertz CT molecular complexity index is 1060. The zero-order chi connectivity index (χ0) is 22.0. The molecule has 1 aliphatic rings. The number of anilines is 1. The summed E-state index contributed by atoms with van der Waals surface area (Å²) in [5.74, 6) is 1.38. The Balaban J connectivity index is 1.39. The predicted molar refractivity (Wildman–Crippen MR) is 106 cm³/mol. The van der Waals surface area contributed by atoms with E-state index in [-0.39, 0.29) is 5.56 Å². The fourth-order valence-corrected chi connectivity index (χ4v) is 3.37. The molecule has 0 radical (unpaired) electrons. The summed E-state index contributed by atoms with van der Waals surface area (Å²) in [6.45, 7) is 3.76. The standard InChI is InChI=1S/C21H20F3N5O2/c1-2-18-26-19(27-31-18)15-6-7-17(25-13-15)28-8-10-29(11-9-28)20(30)14-4-3-5-16(12-14)21(22,23)24/h3-7,12-13H,2,8-11H2,1H3. The molecule has 0 spiro atoms. The highest BCUT2D eigenvalue weighted by Gasteiger charge is 2.31. The average Bonchev–Trinajstić information content (AvgIpc) is 3.28. The molecular formula is C21H20F3N5O2. The van der Waals surface area contributed by atoms with Crippen molar-refractivity contribution in [3.63, 3.8) is 0 Å². The van der Waals surface area contributed by atoms with Gasteiger partial charge < -0.3 is 14.3 Å². The van der Waals surface area contributed by atoms with Crippen LogP contribution in [0.15, 0.2) is 47.1 Å². The van der Waals surface area contributed by atoms with Gasteiger partial charge in [-0.15, -0.1) is 0 Å². The van der Waals surface area contributed by atoms with Crippen LogP contribution in [-0.4, -0.2) is 52.1 Å². The van der Waals surface area contributed by atoms with E-state index >= 15 is 0 Å². The summed E-state index contributed by atoms with van der Waals surface area (Å²) in [5, 5.41) is 3.92. The number of carbonyl (C=O) groups excluding carboxylic acids is 1.